The van der Waals surface area contributed by atoms with Crippen LogP contribution in [0.3, 0.4) is 0 Å². The molecule has 4 heteroatoms. The fourth-order valence-corrected chi connectivity index (χ4v) is 1.97. The van der Waals surface area contributed by atoms with Gasteiger partial charge in [0, 0.05) is 23.8 Å². The van der Waals surface area contributed by atoms with Gasteiger partial charge in [0.2, 0.25) is 0 Å². The van der Waals surface area contributed by atoms with E-state index >= 15 is 0 Å². The zero-order valence-electron chi connectivity index (χ0n) is 11.0. The molecule has 2 rings (SSSR count). The molecule has 0 unspecified atom stereocenters. The Balaban J connectivity index is 2.11. The van der Waals surface area contributed by atoms with Crippen LogP contribution in [-0.2, 0) is 0 Å². The van der Waals surface area contributed by atoms with E-state index in [2.05, 4.69) is 29.3 Å². The van der Waals surface area contributed by atoms with E-state index in [0.717, 1.165) is 41.8 Å². The Kier molecular flexibility index (Phi) is 3.99. The summed E-state index contributed by atoms with van der Waals surface area (Å²) in [5.41, 5.74) is 8.62. The SMILES string of the molecule is CN(C)CCCNc1ccnc2c(N)cccc12. The number of nitrogens with two attached hydrogens (primary N) is 1. The average Bonchev–Trinajstić information content (AvgIpc) is 2.35. The molecule has 0 radical (unpaired) electrons. The molecule has 0 aliphatic rings. The molecule has 0 aliphatic carbocycles. The number of benzene rings is 1. The molecule has 4 nitrogen and oxygen atoms in total. The van der Waals surface area contributed by atoms with E-state index in [0.29, 0.717) is 0 Å². The number of hydrogen-bond acceptors (Lipinski definition) is 4. The molecule has 1 aromatic carbocycles. The maximum Gasteiger partial charge on any atom is 0.0951 e. The van der Waals surface area contributed by atoms with Crippen LogP contribution in [0.15, 0.2) is 30.5 Å². The molecule has 0 saturated carbocycles. The van der Waals surface area contributed by atoms with Crippen LogP contribution < -0.4 is 11.1 Å². The van der Waals surface area contributed by atoms with Crippen molar-refractivity contribution in [2.75, 3.05) is 38.2 Å². The van der Waals surface area contributed by atoms with Crippen molar-refractivity contribution in [3.63, 3.8) is 0 Å². The first-order chi connectivity index (χ1) is 8.68. The number of nitrogens with one attached hydrogen (secondary N) is 1. The van der Waals surface area contributed by atoms with Crippen LogP contribution in [0.5, 0.6) is 0 Å². The van der Waals surface area contributed by atoms with Crippen molar-refractivity contribution in [3.8, 4) is 0 Å². The number of hydrogen-bond donors (Lipinski definition) is 2. The van der Waals surface area contributed by atoms with E-state index in [1.807, 2.05) is 24.3 Å². The molecule has 0 aliphatic heterocycles. The second kappa shape index (κ2) is 5.69. The van der Waals surface area contributed by atoms with Crippen LogP contribution in [0.2, 0.25) is 0 Å². The third-order valence-corrected chi connectivity index (χ3v) is 2.90. The predicted molar refractivity (Wildman–Crippen MR) is 77.8 cm³/mol. The van der Waals surface area contributed by atoms with E-state index in [1.54, 1.807) is 6.20 Å². The standard InChI is InChI=1S/C14H20N4/c1-18(2)10-4-8-16-13-7-9-17-14-11(13)5-3-6-12(14)15/h3,5-7,9H,4,8,10,15H2,1-2H3,(H,16,17). The Morgan fingerprint density at radius 1 is 1.28 bits per heavy atom. The first kappa shape index (κ1) is 12.6. The highest BCUT2D eigenvalue weighted by Crippen LogP contribution is 2.25. The molecule has 0 saturated heterocycles. The molecule has 0 fully saturated rings. The molecule has 0 spiro atoms. The lowest BCUT2D eigenvalue weighted by molar-refractivity contribution is 0.405. The monoisotopic (exact) mass is 244 g/mol. The number of pyridine rings is 1. The van der Waals surface area contributed by atoms with Gasteiger partial charge < -0.3 is 16.0 Å². The maximum atomic E-state index is 5.92. The number of para-hydroxylation sites is 1. The van der Waals surface area contributed by atoms with Crippen molar-refractivity contribution in [1.29, 1.82) is 0 Å². The minimum Gasteiger partial charge on any atom is -0.397 e. The molecular weight excluding hydrogens is 224 g/mol. The summed E-state index contributed by atoms with van der Waals surface area (Å²) in [6, 6.07) is 7.89. The van der Waals surface area contributed by atoms with Crippen LogP contribution in [0, 0.1) is 0 Å². The summed E-state index contributed by atoms with van der Waals surface area (Å²) in [5, 5.41) is 4.53. The minimum absolute atomic E-state index is 0.726. The van der Waals surface area contributed by atoms with Crippen molar-refractivity contribution >= 4 is 22.3 Å². The number of aromatic nitrogens is 1. The molecular formula is C14H20N4. The largest absolute Gasteiger partial charge is 0.397 e. The molecule has 0 atom stereocenters. The van der Waals surface area contributed by atoms with Gasteiger partial charge in [-0.2, -0.15) is 0 Å². The number of nitrogens with zero attached hydrogens (tertiary/aromatic N) is 2. The van der Waals surface area contributed by atoms with E-state index < -0.39 is 0 Å². The second-order valence-electron chi connectivity index (χ2n) is 4.69. The molecule has 0 amide bonds. The number of rotatable bonds is 5. The van der Waals surface area contributed by atoms with E-state index in [4.69, 9.17) is 5.73 Å². The average molecular weight is 244 g/mol. The summed E-state index contributed by atoms with van der Waals surface area (Å²) in [5.74, 6) is 0. The minimum atomic E-state index is 0.726. The van der Waals surface area contributed by atoms with Crippen molar-refractivity contribution in [2.24, 2.45) is 0 Å². The molecule has 1 aromatic heterocycles. The van der Waals surface area contributed by atoms with Gasteiger partial charge in [-0.05, 0) is 39.2 Å². The fraction of sp³-hybridized carbons (Fsp3) is 0.357. The fourth-order valence-electron chi connectivity index (χ4n) is 1.97. The molecule has 96 valence electrons. The van der Waals surface area contributed by atoms with Gasteiger partial charge in [-0.15, -0.1) is 0 Å². The second-order valence-corrected chi connectivity index (χ2v) is 4.69. The van der Waals surface area contributed by atoms with E-state index in [1.165, 1.54) is 0 Å². The van der Waals surface area contributed by atoms with Gasteiger partial charge >= 0.3 is 0 Å². The molecule has 18 heavy (non-hydrogen) atoms. The first-order valence-corrected chi connectivity index (χ1v) is 6.20. The number of anilines is 2. The van der Waals surface area contributed by atoms with Crippen molar-refractivity contribution in [1.82, 2.24) is 9.88 Å². The highest BCUT2D eigenvalue weighted by molar-refractivity contribution is 5.97. The van der Waals surface area contributed by atoms with Gasteiger partial charge in [-0.1, -0.05) is 12.1 Å². The van der Waals surface area contributed by atoms with Gasteiger partial charge in [-0.25, -0.2) is 0 Å². The third-order valence-electron chi connectivity index (χ3n) is 2.90. The molecule has 2 aromatic rings. The topological polar surface area (TPSA) is 54.2 Å². The van der Waals surface area contributed by atoms with Crippen LogP contribution in [0.1, 0.15) is 6.42 Å². The molecule has 1 heterocycles. The van der Waals surface area contributed by atoms with Crippen molar-refractivity contribution in [2.45, 2.75) is 6.42 Å². The highest BCUT2D eigenvalue weighted by Gasteiger charge is 2.03. The lowest BCUT2D eigenvalue weighted by Crippen LogP contribution is -2.16. The van der Waals surface area contributed by atoms with Crippen molar-refractivity contribution in [3.05, 3.63) is 30.5 Å². The predicted octanol–water partition coefficient (Wildman–Crippen LogP) is 2.18. The zero-order valence-corrected chi connectivity index (χ0v) is 11.0. The summed E-state index contributed by atoms with van der Waals surface area (Å²) in [6.45, 7) is 2.03. The smallest absolute Gasteiger partial charge is 0.0951 e. The lowest BCUT2D eigenvalue weighted by Gasteiger charge is -2.12. The Morgan fingerprint density at radius 2 is 2.11 bits per heavy atom. The number of nitrogen functional groups attached to an aromatic ring is 1. The summed E-state index contributed by atoms with van der Waals surface area (Å²) in [4.78, 5) is 6.51. The van der Waals surface area contributed by atoms with E-state index in [-0.39, 0.29) is 0 Å². The molecule has 0 bridgehead atoms. The normalized spacial score (nSPS) is 11.1. The maximum absolute atomic E-state index is 5.92. The van der Waals surface area contributed by atoms with Gasteiger partial charge in [0.25, 0.3) is 0 Å². The quantitative estimate of drug-likeness (QED) is 0.625. The Labute approximate surface area is 108 Å². The first-order valence-electron chi connectivity index (χ1n) is 6.20. The van der Waals surface area contributed by atoms with Gasteiger partial charge in [0.15, 0.2) is 0 Å². The third kappa shape index (κ3) is 2.90. The van der Waals surface area contributed by atoms with Crippen LogP contribution in [-0.4, -0.2) is 37.1 Å². The Hall–Kier alpha value is -1.81. The zero-order chi connectivity index (χ0) is 13.0. The Morgan fingerprint density at radius 3 is 2.89 bits per heavy atom. The van der Waals surface area contributed by atoms with E-state index in [9.17, 15) is 0 Å². The summed E-state index contributed by atoms with van der Waals surface area (Å²) in [7, 11) is 4.17. The van der Waals surface area contributed by atoms with Gasteiger partial charge in [0.05, 0.1) is 11.2 Å². The van der Waals surface area contributed by atoms with Crippen LogP contribution in [0.25, 0.3) is 10.9 Å². The van der Waals surface area contributed by atoms with Crippen LogP contribution in [0.4, 0.5) is 11.4 Å². The van der Waals surface area contributed by atoms with Crippen LogP contribution >= 0.6 is 0 Å². The van der Waals surface area contributed by atoms with Gasteiger partial charge in [-0.3, -0.25) is 4.98 Å². The summed E-state index contributed by atoms with van der Waals surface area (Å²) in [6.07, 6.45) is 2.91. The lowest BCUT2D eigenvalue weighted by atomic mass is 10.1. The Bertz CT molecular complexity index is 522. The summed E-state index contributed by atoms with van der Waals surface area (Å²) >= 11 is 0. The number of fused-ring (bicyclic) bond motifs is 1. The van der Waals surface area contributed by atoms with Crippen molar-refractivity contribution < 1.29 is 0 Å². The molecule has 3 N–H and O–H groups in total. The highest BCUT2D eigenvalue weighted by atomic mass is 15.1. The van der Waals surface area contributed by atoms with Gasteiger partial charge in [0.1, 0.15) is 0 Å². The summed E-state index contributed by atoms with van der Waals surface area (Å²) < 4.78 is 0.